The van der Waals surface area contributed by atoms with Gasteiger partial charge in [-0.25, -0.2) is 9.97 Å². The molecule has 0 aromatic carbocycles. The highest BCUT2D eigenvalue weighted by Crippen LogP contribution is 2.23. The Bertz CT molecular complexity index is 556. The predicted molar refractivity (Wildman–Crippen MR) is 76.8 cm³/mol. The van der Waals surface area contributed by atoms with E-state index >= 15 is 0 Å². The molecule has 2 atom stereocenters. The van der Waals surface area contributed by atoms with E-state index in [1.165, 1.54) is 12.8 Å². The average Bonchev–Trinajstić information content (AvgIpc) is 2.81. The van der Waals surface area contributed by atoms with Gasteiger partial charge in [0.05, 0.1) is 5.52 Å². The third-order valence-corrected chi connectivity index (χ3v) is 4.07. The molecule has 19 heavy (non-hydrogen) atoms. The van der Waals surface area contributed by atoms with Crippen LogP contribution in [0.5, 0.6) is 0 Å². The summed E-state index contributed by atoms with van der Waals surface area (Å²) in [6, 6.07) is 3.75. The number of piperidine rings is 1. The predicted octanol–water partition coefficient (Wildman–Crippen LogP) is 1.72. The fourth-order valence-corrected chi connectivity index (χ4v) is 2.89. The number of pyridine rings is 1. The quantitative estimate of drug-likeness (QED) is 0.784. The lowest BCUT2D eigenvalue weighted by molar-refractivity contribution is 0.276. The van der Waals surface area contributed by atoms with Crippen LogP contribution in [-0.2, 0) is 6.42 Å². The second-order valence-electron chi connectivity index (χ2n) is 5.58. The highest BCUT2D eigenvalue weighted by atomic mass is 15.0. The van der Waals surface area contributed by atoms with Gasteiger partial charge in [-0.3, -0.25) is 0 Å². The van der Waals surface area contributed by atoms with E-state index in [0.717, 1.165) is 42.4 Å². The van der Waals surface area contributed by atoms with Gasteiger partial charge in [0, 0.05) is 6.42 Å². The number of nitrogens with one attached hydrogen (secondary N) is 2. The summed E-state index contributed by atoms with van der Waals surface area (Å²) in [5.41, 5.74) is 7.37. The molecule has 2 aromatic rings. The maximum Gasteiger partial charge on any atom is 0.179 e. The van der Waals surface area contributed by atoms with Crippen LogP contribution in [0, 0.1) is 11.8 Å². The summed E-state index contributed by atoms with van der Waals surface area (Å²) >= 11 is 0. The summed E-state index contributed by atoms with van der Waals surface area (Å²) in [5.74, 6) is 2.92. The van der Waals surface area contributed by atoms with E-state index in [0.29, 0.717) is 11.7 Å². The molecule has 1 fully saturated rings. The van der Waals surface area contributed by atoms with Crippen LogP contribution in [0.15, 0.2) is 12.1 Å². The molecule has 0 aliphatic carbocycles. The van der Waals surface area contributed by atoms with Crippen molar-refractivity contribution in [3.8, 4) is 0 Å². The Morgan fingerprint density at radius 1 is 1.42 bits per heavy atom. The third kappa shape index (κ3) is 2.71. The van der Waals surface area contributed by atoms with Gasteiger partial charge in [0.2, 0.25) is 0 Å². The highest BCUT2D eigenvalue weighted by molar-refractivity contribution is 5.72. The number of hydrogen-bond acceptors (Lipinski definition) is 4. The molecular formula is C14H21N5. The van der Waals surface area contributed by atoms with Crippen LogP contribution in [0.25, 0.3) is 11.2 Å². The van der Waals surface area contributed by atoms with E-state index in [2.05, 4.69) is 27.2 Å². The van der Waals surface area contributed by atoms with Crippen molar-refractivity contribution in [3.63, 3.8) is 0 Å². The number of nitrogens with zero attached hydrogens (tertiary/aromatic N) is 2. The summed E-state index contributed by atoms with van der Waals surface area (Å²) in [4.78, 5) is 12.1. The van der Waals surface area contributed by atoms with Crippen molar-refractivity contribution in [3.05, 3.63) is 18.0 Å². The lowest BCUT2D eigenvalue weighted by Gasteiger charge is -2.27. The average molecular weight is 259 g/mol. The van der Waals surface area contributed by atoms with Crippen LogP contribution < -0.4 is 11.1 Å². The molecule has 1 aliphatic heterocycles. The van der Waals surface area contributed by atoms with Crippen molar-refractivity contribution in [1.29, 1.82) is 0 Å². The zero-order valence-electron chi connectivity index (χ0n) is 11.3. The third-order valence-electron chi connectivity index (χ3n) is 4.07. The summed E-state index contributed by atoms with van der Waals surface area (Å²) in [5, 5.41) is 3.48. The Morgan fingerprint density at radius 2 is 2.32 bits per heavy atom. The zero-order chi connectivity index (χ0) is 13.2. The van der Waals surface area contributed by atoms with Crippen LogP contribution >= 0.6 is 0 Å². The van der Waals surface area contributed by atoms with Gasteiger partial charge in [0.1, 0.15) is 11.6 Å². The number of aromatic nitrogens is 3. The molecule has 3 heterocycles. The summed E-state index contributed by atoms with van der Waals surface area (Å²) in [6.07, 6.45) is 3.58. The van der Waals surface area contributed by atoms with Gasteiger partial charge in [0.25, 0.3) is 0 Å². The van der Waals surface area contributed by atoms with Crippen molar-refractivity contribution < 1.29 is 0 Å². The van der Waals surface area contributed by atoms with Gasteiger partial charge in [-0.2, -0.15) is 0 Å². The molecule has 2 aromatic heterocycles. The first-order chi connectivity index (χ1) is 9.22. The summed E-state index contributed by atoms with van der Waals surface area (Å²) in [7, 11) is 0. The Hall–Kier alpha value is -1.62. The number of H-pyrrole nitrogens is 1. The molecular weight excluding hydrogens is 238 g/mol. The largest absolute Gasteiger partial charge is 0.384 e. The molecule has 4 N–H and O–H groups in total. The molecule has 1 aliphatic rings. The summed E-state index contributed by atoms with van der Waals surface area (Å²) in [6.45, 7) is 4.61. The van der Waals surface area contributed by atoms with E-state index in [1.54, 1.807) is 6.07 Å². The number of rotatable bonds is 3. The Labute approximate surface area is 113 Å². The topological polar surface area (TPSA) is 79.6 Å². The maximum atomic E-state index is 5.68. The van der Waals surface area contributed by atoms with Crippen molar-refractivity contribution >= 4 is 17.0 Å². The minimum Gasteiger partial charge on any atom is -0.384 e. The van der Waals surface area contributed by atoms with Crippen LogP contribution in [0.3, 0.4) is 0 Å². The molecule has 0 radical (unpaired) electrons. The molecule has 5 nitrogen and oxygen atoms in total. The Kier molecular flexibility index (Phi) is 3.38. The van der Waals surface area contributed by atoms with Crippen LogP contribution in [0.2, 0.25) is 0 Å². The van der Waals surface area contributed by atoms with Gasteiger partial charge in [-0.1, -0.05) is 6.92 Å². The number of nitrogens with two attached hydrogens (primary N) is 1. The molecule has 0 amide bonds. The molecule has 0 spiro atoms. The van der Waals surface area contributed by atoms with Crippen molar-refractivity contribution in [2.75, 3.05) is 18.8 Å². The molecule has 5 heteroatoms. The molecule has 2 unspecified atom stereocenters. The zero-order valence-corrected chi connectivity index (χ0v) is 11.3. The van der Waals surface area contributed by atoms with Gasteiger partial charge < -0.3 is 16.0 Å². The second-order valence-corrected chi connectivity index (χ2v) is 5.58. The SMILES string of the molecule is CC(Cc1nc2nc(N)ccc2[nH]1)C1CCCNC1. The van der Waals surface area contributed by atoms with E-state index < -0.39 is 0 Å². The number of aromatic amines is 1. The monoisotopic (exact) mass is 259 g/mol. The van der Waals surface area contributed by atoms with E-state index in [1.807, 2.05) is 6.07 Å². The molecule has 1 saturated heterocycles. The van der Waals surface area contributed by atoms with E-state index in [-0.39, 0.29) is 0 Å². The first kappa shape index (κ1) is 12.4. The van der Waals surface area contributed by atoms with Gasteiger partial charge in [-0.05, 0) is 49.9 Å². The fraction of sp³-hybridized carbons (Fsp3) is 0.571. The van der Waals surface area contributed by atoms with Crippen LogP contribution in [-0.4, -0.2) is 28.0 Å². The number of hydrogen-bond donors (Lipinski definition) is 3. The van der Waals surface area contributed by atoms with Crippen LogP contribution in [0.4, 0.5) is 5.82 Å². The number of fused-ring (bicyclic) bond motifs is 1. The first-order valence-electron chi connectivity index (χ1n) is 7.04. The standard InChI is InChI=1S/C14H21N5/c1-9(10-3-2-6-16-8-10)7-13-17-11-4-5-12(15)18-14(11)19-13/h4-5,9-10,16H,2-3,6-8H2,1H3,(H3,15,17,18,19). The van der Waals surface area contributed by atoms with Crippen molar-refractivity contribution in [2.45, 2.75) is 26.2 Å². The maximum absolute atomic E-state index is 5.68. The lowest BCUT2D eigenvalue weighted by Crippen LogP contribution is -2.34. The normalized spacial score (nSPS) is 21.6. The smallest absolute Gasteiger partial charge is 0.179 e. The molecule has 102 valence electrons. The number of anilines is 1. The minimum atomic E-state index is 0.523. The fourth-order valence-electron chi connectivity index (χ4n) is 2.89. The van der Waals surface area contributed by atoms with Gasteiger partial charge in [0.15, 0.2) is 5.65 Å². The second kappa shape index (κ2) is 5.17. The highest BCUT2D eigenvalue weighted by Gasteiger charge is 2.21. The van der Waals surface area contributed by atoms with Crippen LogP contribution in [0.1, 0.15) is 25.6 Å². The van der Waals surface area contributed by atoms with Gasteiger partial charge >= 0.3 is 0 Å². The Morgan fingerprint density at radius 3 is 3.11 bits per heavy atom. The van der Waals surface area contributed by atoms with Crippen molar-refractivity contribution in [1.82, 2.24) is 20.3 Å². The summed E-state index contributed by atoms with van der Waals surface area (Å²) < 4.78 is 0. The number of nitrogen functional groups attached to an aromatic ring is 1. The lowest BCUT2D eigenvalue weighted by atomic mass is 9.85. The van der Waals surface area contributed by atoms with E-state index in [9.17, 15) is 0 Å². The van der Waals surface area contributed by atoms with E-state index in [4.69, 9.17) is 5.73 Å². The Balaban J connectivity index is 1.73. The van der Waals surface area contributed by atoms with Crippen molar-refractivity contribution in [2.24, 2.45) is 11.8 Å². The molecule has 3 rings (SSSR count). The first-order valence-corrected chi connectivity index (χ1v) is 7.04. The molecule has 0 saturated carbocycles. The number of imidazole rings is 1. The molecule has 0 bridgehead atoms. The van der Waals surface area contributed by atoms with Gasteiger partial charge in [-0.15, -0.1) is 0 Å². The minimum absolute atomic E-state index is 0.523.